The number of carboxylic acid groups (broad SMARTS) is 1. The van der Waals surface area contributed by atoms with Gasteiger partial charge in [-0.1, -0.05) is 0 Å². The number of hydrogen-bond acceptors (Lipinski definition) is 6. The molecule has 0 spiro atoms. The first-order valence-corrected chi connectivity index (χ1v) is 6.57. The van der Waals surface area contributed by atoms with Gasteiger partial charge in [0.05, 0.1) is 17.9 Å². The van der Waals surface area contributed by atoms with Crippen molar-refractivity contribution < 1.29 is 14.7 Å². The standard InChI is InChI=1S/C8H11N3O3S2/c1-15-3-2-5(8(13)14)10-7(12)6-4-9-16-11-6/h4-5H,2-3H2,1H3,(H,10,12)(H,13,14)/t5-/m0/s1. The maximum Gasteiger partial charge on any atom is 0.326 e. The second-order valence-corrected chi connectivity index (χ2v) is 4.48. The zero-order valence-corrected chi connectivity index (χ0v) is 10.2. The van der Waals surface area contributed by atoms with Crippen molar-refractivity contribution in [2.75, 3.05) is 12.0 Å². The fourth-order valence-electron chi connectivity index (χ4n) is 0.990. The van der Waals surface area contributed by atoms with Gasteiger partial charge in [-0.3, -0.25) is 4.79 Å². The fourth-order valence-corrected chi connectivity index (χ4v) is 1.87. The van der Waals surface area contributed by atoms with Crippen LogP contribution in [0.15, 0.2) is 6.20 Å². The molecule has 0 fully saturated rings. The number of nitrogens with zero attached hydrogens (tertiary/aromatic N) is 2. The van der Waals surface area contributed by atoms with E-state index in [0.717, 1.165) is 11.7 Å². The van der Waals surface area contributed by atoms with Crippen LogP contribution in [0.2, 0.25) is 0 Å². The Balaban J connectivity index is 2.54. The molecule has 16 heavy (non-hydrogen) atoms. The summed E-state index contributed by atoms with van der Waals surface area (Å²) < 4.78 is 7.40. The van der Waals surface area contributed by atoms with Gasteiger partial charge in [0, 0.05) is 0 Å². The first-order valence-electron chi connectivity index (χ1n) is 4.45. The molecule has 1 amide bonds. The number of thioether (sulfide) groups is 1. The molecule has 88 valence electrons. The van der Waals surface area contributed by atoms with Gasteiger partial charge in [0.15, 0.2) is 5.69 Å². The second kappa shape index (κ2) is 6.44. The van der Waals surface area contributed by atoms with Crippen molar-refractivity contribution in [3.05, 3.63) is 11.9 Å². The highest BCUT2D eigenvalue weighted by Gasteiger charge is 2.21. The van der Waals surface area contributed by atoms with Crippen LogP contribution in [0.3, 0.4) is 0 Å². The van der Waals surface area contributed by atoms with E-state index in [1.807, 2.05) is 6.26 Å². The number of rotatable bonds is 6. The summed E-state index contributed by atoms with van der Waals surface area (Å²) in [5.41, 5.74) is 0.153. The molecule has 1 aromatic heterocycles. The molecular formula is C8H11N3O3S2. The van der Waals surface area contributed by atoms with Gasteiger partial charge in [-0.15, -0.1) is 0 Å². The third-order valence-corrected chi connectivity index (χ3v) is 2.93. The van der Waals surface area contributed by atoms with Crippen LogP contribution in [0.1, 0.15) is 16.9 Å². The van der Waals surface area contributed by atoms with Crippen LogP contribution in [0.25, 0.3) is 0 Å². The van der Waals surface area contributed by atoms with E-state index >= 15 is 0 Å². The van der Waals surface area contributed by atoms with Crippen molar-refractivity contribution in [1.29, 1.82) is 0 Å². The molecule has 1 heterocycles. The van der Waals surface area contributed by atoms with E-state index in [-0.39, 0.29) is 5.69 Å². The zero-order chi connectivity index (χ0) is 12.0. The van der Waals surface area contributed by atoms with Gasteiger partial charge >= 0.3 is 5.97 Å². The van der Waals surface area contributed by atoms with Crippen molar-refractivity contribution >= 4 is 35.4 Å². The lowest BCUT2D eigenvalue weighted by Crippen LogP contribution is -2.41. The molecule has 0 unspecified atom stereocenters. The van der Waals surface area contributed by atoms with E-state index in [0.29, 0.717) is 12.2 Å². The zero-order valence-electron chi connectivity index (χ0n) is 8.54. The fraction of sp³-hybridized carbons (Fsp3) is 0.500. The number of carbonyl (C=O) groups excluding carboxylic acids is 1. The molecule has 8 heteroatoms. The minimum Gasteiger partial charge on any atom is -0.480 e. The molecule has 0 bridgehead atoms. The third kappa shape index (κ3) is 3.78. The summed E-state index contributed by atoms with van der Waals surface area (Å²) in [5, 5.41) is 11.3. The van der Waals surface area contributed by atoms with Crippen molar-refractivity contribution in [2.45, 2.75) is 12.5 Å². The first kappa shape index (κ1) is 12.9. The summed E-state index contributed by atoms with van der Waals surface area (Å²) in [5.74, 6) is -0.861. The van der Waals surface area contributed by atoms with E-state index in [2.05, 4.69) is 14.1 Å². The Morgan fingerprint density at radius 3 is 2.94 bits per heavy atom. The monoisotopic (exact) mass is 261 g/mol. The number of hydrogen-bond donors (Lipinski definition) is 2. The van der Waals surface area contributed by atoms with E-state index in [1.54, 1.807) is 0 Å². The van der Waals surface area contributed by atoms with Gasteiger partial charge < -0.3 is 10.4 Å². The Labute approximate surface area is 101 Å². The number of nitrogens with one attached hydrogen (secondary N) is 1. The van der Waals surface area contributed by atoms with Crippen molar-refractivity contribution in [1.82, 2.24) is 14.1 Å². The van der Waals surface area contributed by atoms with Crippen LogP contribution in [0, 0.1) is 0 Å². The summed E-state index contributed by atoms with van der Waals surface area (Å²) in [6, 6.07) is -0.873. The predicted octanol–water partition coefficient (Wildman–Crippen LogP) is 0.474. The second-order valence-electron chi connectivity index (χ2n) is 2.94. The SMILES string of the molecule is CSCC[C@H](NC(=O)c1cnsn1)C(=O)O. The third-order valence-electron chi connectivity index (χ3n) is 1.81. The number of aliphatic carboxylic acids is 1. The Bertz CT molecular complexity index is 355. The Hall–Kier alpha value is -1.15. The number of aromatic nitrogens is 2. The number of amides is 1. The van der Waals surface area contributed by atoms with Gasteiger partial charge in [-0.2, -0.15) is 20.5 Å². The maximum atomic E-state index is 11.5. The lowest BCUT2D eigenvalue weighted by atomic mass is 10.2. The van der Waals surface area contributed by atoms with Crippen molar-refractivity contribution in [3.8, 4) is 0 Å². The maximum absolute atomic E-state index is 11.5. The summed E-state index contributed by atoms with van der Waals surface area (Å²) in [6.07, 6.45) is 3.58. The molecule has 0 aliphatic rings. The summed E-state index contributed by atoms with van der Waals surface area (Å²) in [4.78, 5) is 22.4. The summed E-state index contributed by atoms with van der Waals surface area (Å²) in [7, 11) is 0. The predicted molar refractivity (Wildman–Crippen MR) is 61.8 cm³/mol. The van der Waals surface area contributed by atoms with Crippen LogP contribution in [-0.4, -0.2) is 43.8 Å². The average Bonchev–Trinajstić information content (AvgIpc) is 2.76. The Kier molecular flexibility index (Phi) is 5.20. The number of carboxylic acids is 1. The largest absolute Gasteiger partial charge is 0.480 e. The van der Waals surface area contributed by atoms with E-state index < -0.39 is 17.9 Å². The quantitative estimate of drug-likeness (QED) is 0.773. The van der Waals surface area contributed by atoms with Gasteiger partial charge in [0.2, 0.25) is 0 Å². The lowest BCUT2D eigenvalue weighted by Gasteiger charge is -2.12. The van der Waals surface area contributed by atoms with Crippen molar-refractivity contribution in [3.63, 3.8) is 0 Å². The average molecular weight is 261 g/mol. The topological polar surface area (TPSA) is 92.2 Å². The molecule has 1 atom stereocenters. The smallest absolute Gasteiger partial charge is 0.326 e. The van der Waals surface area contributed by atoms with Crippen LogP contribution >= 0.6 is 23.5 Å². The van der Waals surface area contributed by atoms with Gasteiger partial charge in [0.1, 0.15) is 6.04 Å². The van der Waals surface area contributed by atoms with E-state index in [9.17, 15) is 9.59 Å². The molecule has 2 N–H and O–H groups in total. The van der Waals surface area contributed by atoms with Gasteiger partial charge in [0.25, 0.3) is 5.91 Å². The highest BCUT2D eigenvalue weighted by Crippen LogP contribution is 2.03. The molecule has 6 nitrogen and oxygen atoms in total. The molecule has 0 aliphatic carbocycles. The molecule has 0 saturated heterocycles. The number of carbonyl (C=O) groups is 2. The molecular weight excluding hydrogens is 250 g/mol. The first-order chi connectivity index (χ1) is 7.65. The van der Waals surface area contributed by atoms with Gasteiger partial charge in [-0.25, -0.2) is 4.79 Å². The summed E-state index contributed by atoms with van der Waals surface area (Å²) >= 11 is 2.44. The Morgan fingerprint density at radius 2 is 2.44 bits per heavy atom. The van der Waals surface area contributed by atoms with Gasteiger partial charge in [-0.05, 0) is 18.4 Å². The molecule has 0 aromatic carbocycles. The van der Waals surface area contributed by atoms with Crippen LogP contribution in [0.5, 0.6) is 0 Å². The van der Waals surface area contributed by atoms with Crippen LogP contribution in [-0.2, 0) is 4.79 Å². The molecule has 1 aromatic rings. The van der Waals surface area contributed by atoms with E-state index in [1.165, 1.54) is 18.0 Å². The molecule has 1 rings (SSSR count). The molecule has 0 radical (unpaired) electrons. The molecule has 0 aliphatic heterocycles. The van der Waals surface area contributed by atoms with E-state index in [4.69, 9.17) is 5.11 Å². The van der Waals surface area contributed by atoms with Crippen molar-refractivity contribution in [2.24, 2.45) is 0 Å². The van der Waals surface area contributed by atoms with Crippen LogP contribution < -0.4 is 5.32 Å². The Morgan fingerprint density at radius 1 is 1.69 bits per heavy atom. The normalized spacial score (nSPS) is 12.1. The lowest BCUT2D eigenvalue weighted by molar-refractivity contribution is -0.139. The minimum absolute atomic E-state index is 0.153. The minimum atomic E-state index is -1.04. The van der Waals surface area contributed by atoms with Crippen LogP contribution in [0.4, 0.5) is 0 Å². The summed E-state index contributed by atoms with van der Waals surface area (Å²) in [6.45, 7) is 0. The highest BCUT2D eigenvalue weighted by molar-refractivity contribution is 7.98. The highest BCUT2D eigenvalue weighted by atomic mass is 32.2. The molecule has 0 saturated carbocycles.